The maximum atomic E-state index is 11.3. The van der Waals surface area contributed by atoms with E-state index >= 15 is 0 Å². The molecule has 8 heteroatoms. The van der Waals surface area contributed by atoms with Crippen molar-refractivity contribution >= 4 is 43.5 Å². The molecule has 1 fully saturated rings. The van der Waals surface area contributed by atoms with E-state index in [1.807, 2.05) is 0 Å². The third kappa shape index (κ3) is 8.49. The van der Waals surface area contributed by atoms with E-state index in [1.54, 1.807) is 19.2 Å². The number of methoxy groups -OCH3 is 1. The van der Waals surface area contributed by atoms with Gasteiger partial charge in [-0.1, -0.05) is 32.4 Å². The lowest BCUT2D eigenvalue weighted by molar-refractivity contribution is -0.136. The first kappa shape index (κ1) is 31.4. The van der Waals surface area contributed by atoms with Crippen LogP contribution in [-0.4, -0.2) is 49.3 Å². The van der Waals surface area contributed by atoms with Gasteiger partial charge in [0.15, 0.2) is 5.75 Å². The van der Waals surface area contributed by atoms with Crippen molar-refractivity contribution in [1.82, 2.24) is 4.90 Å². The maximum Gasteiger partial charge on any atom is 0.307 e. The smallest absolute Gasteiger partial charge is 0.307 e. The van der Waals surface area contributed by atoms with Crippen LogP contribution in [0.3, 0.4) is 0 Å². The summed E-state index contributed by atoms with van der Waals surface area (Å²) < 4.78 is 13.9. The van der Waals surface area contributed by atoms with E-state index in [0.717, 1.165) is 48.8 Å². The summed E-state index contributed by atoms with van der Waals surface area (Å²) in [5, 5.41) is 9.26. The van der Waals surface area contributed by atoms with E-state index in [1.165, 1.54) is 30.5 Å². The number of nitrogens with zero attached hydrogens (tertiary/aromatic N) is 2. The monoisotopic (exact) mass is 686 g/mol. The Morgan fingerprint density at radius 2 is 1.73 bits per heavy atom. The van der Waals surface area contributed by atoms with Crippen LogP contribution in [0.2, 0.25) is 0 Å². The highest BCUT2D eigenvalue weighted by Gasteiger charge is 2.21. The zero-order chi connectivity index (χ0) is 29.5. The van der Waals surface area contributed by atoms with Crippen LogP contribution in [-0.2, 0) is 17.8 Å². The molecule has 41 heavy (non-hydrogen) atoms. The number of hydrogen-bond acceptors (Lipinski definition) is 5. The number of hydrogen-bond donors (Lipinski definition) is 1. The van der Waals surface area contributed by atoms with Gasteiger partial charge in [-0.05, 0) is 118 Å². The molecular formula is C33H40Br2N2O4. The summed E-state index contributed by atoms with van der Waals surface area (Å²) in [6, 6.07) is 16.5. The first-order valence-corrected chi connectivity index (χ1v) is 15.9. The maximum absolute atomic E-state index is 11.3. The number of ether oxygens (including phenoxy) is 2. The molecule has 1 aliphatic heterocycles. The number of piperidine rings is 1. The third-order valence-electron chi connectivity index (χ3n) is 7.52. The molecule has 0 atom stereocenters. The van der Waals surface area contributed by atoms with Gasteiger partial charge in [0.05, 0.1) is 22.5 Å². The second-order valence-corrected chi connectivity index (χ2v) is 12.8. The van der Waals surface area contributed by atoms with Crippen LogP contribution >= 0.6 is 31.9 Å². The average Bonchev–Trinajstić information content (AvgIpc) is 2.93. The zero-order valence-electron chi connectivity index (χ0n) is 24.4. The van der Waals surface area contributed by atoms with Crippen molar-refractivity contribution in [3.63, 3.8) is 0 Å². The van der Waals surface area contributed by atoms with E-state index in [2.05, 4.69) is 98.8 Å². The number of halogens is 2. The summed E-state index contributed by atoms with van der Waals surface area (Å²) in [5.74, 6) is 1.56. The molecular weight excluding hydrogens is 648 g/mol. The number of aryl methyl sites for hydroxylation is 1. The molecule has 0 amide bonds. The number of carbonyl (C=O) groups is 1. The molecule has 1 saturated heterocycles. The first-order valence-electron chi connectivity index (χ1n) is 14.3. The summed E-state index contributed by atoms with van der Waals surface area (Å²) in [7, 11) is 1.72. The predicted molar refractivity (Wildman–Crippen MR) is 173 cm³/mol. The van der Waals surface area contributed by atoms with Crippen molar-refractivity contribution in [3.8, 4) is 17.2 Å². The van der Waals surface area contributed by atoms with Crippen LogP contribution < -0.4 is 14.4 Å². The van der Waals surface area contributed by atoms with Crippen molar-refractivity contribution in [2.24, 2.45) is 0 Å². The topological polar surface area (TPSA) is 62.2 Å². The molecule has 0 radical (unpaired) electrons. The van der Waals surface area contributed by atoms with Crippen LogP contribution in [0.1, 0.15) is 61.3 Å². The fourth-order valence-electron chi connectivity index (χ4n) is 5.34. The Morgan fingerprint density at radius 1 is 1.02 bits per heavy atom. The van der Waals surface area contributed by atoms with Crippen molar-refractivity contribution in [2.75, 3.05) is 38.2 Å². The molecule has 0 bridgehead atoms. The van der Waals surface area contributed by atoms with E-state index in [-0.39, 0.29) is 12.3 Å². The third-order valence-corrected chi connectivity index (χ3v) is 8.70. The van der Waals surface area contributed by atoms with Gasteiger partial charge in [-0.15, -0.1) is 0 Å². The van der Waals surface area contributed by atoms with Crippen LogP contribution in [0.4, 0.5) is 5.69 Å². The van der Waals surface area contributed by atoms with E-state index in [9.17, 15) is 9.90 Å². The van der Waals surface area contributed by atoms with Crippen molar-refractivity contribution in [2.45, 2.75) is 58.9 Å². The van der Waals surface area contributed by atoms with Gasteiger partial charge >= 0.3 is 5.97 Å². The standard InChI is InChI=1S/C33H40Br2N2O4/c1-22(2)27-20-30(41-33-28(34)16-24(17-29(33)35)18-32(38)39)25(19-31(27)40-4)21-37(26-10-8-9-23(3)15-26)14-13-36-11-6-5-7-12-36/h8-10,15-17,19-20,22H,5-7,11-14,18,21H2,1-4H3,(H,38,39). The average molecular weight is 689 g/mol. The normalized spacial score (nSPS) is 13.8. The number of carboxylic acids is 1. The van der Waals surface area contributed by atoms with E-state index in [0.29, 0.717) is 26.8 Å². The van der Waals surface area contributed by atoms with Gasteiger partial charge in [0.25, 0.3) is 0 Å². The highest BCUT2D eigenvalue weighted by atomic mass is 79.9. The van der Waals surface area contributed by atoms with Gasteiger partial charge in [-0.2, -0.15) is 0 Å². The number of carboxylic acid groups (broad SMARTS) is 1. The lowest BCUT2D eigenvalue weighted by Crippen LogP contribution is -2.37. The minimum Gasteiger partial charge on any atom is -0.496 e. The fraction of sp³-hybridized carbons (Fsp3) is 0.424. The highest BCUT2D eigenvalue weighted by Crippen LogP contribution is 2.42. The fourth-order valence-corrected chi connectivity index (χ4v) is 6.78. The van der Waals surface area contributed by atoms with Crippen LogP contribution in [0, 0.1) is 6.92 Å². The van der Waals surface area contributed by atoms with Gasteiger partial charge < -0.3 is 24.4 Å². The quantitative estimate of drug-likeness (QED) is 0.206. The summed E-state index contributed by atoms with van der Waals surface area (Å²) in [6.07, 6.45) is 3.80. The zero-order valence-corrected chi connectivity index (χ0v) is 27.6. The van der Waals surface area contributed by atoms with Crippen LogP contribution in [0.15, 0.2) is 57.5 Å². The number of anilines is 1. The predicted octanol–water partition coefficient (Wildman–Crippen LogP) is 8.56. The molecule has 3 aromatic rings. The minimum absolute atomic E-state index is 0.0643. The Kier molecular flexibility index (Phi) is 11.1. The summed E-state index contributed by atoms with van der Waals surface area (Å²) >= 11 is 7.24. The molecule has 0 aliphatic carbocycles. The first-order chi connectivity index (χ1) is 19.6. The Hall–Kier alpha value is -2.55. The molecule has 1 aliphatic rings. The van der Waals surface area contributed by atoms with Gasteiger partial charge in [0.1, 0.15) is 11.5 Å². The number of aliphatic carboxylic acids is 1. The molecule has 3 aromatic carbocycles. The van der Waals surface area contributed by atoms with Gasteiger partial charge in [0.2, 0.25) is 0 Å². The molecule has 1 heterocycles. The molecule has 6 nitrogen and oxygen atoms in total. The minimum atomic E-state index is -0.878. The second kappa shape index (κ2) is 14.6. The lowest BCUT2D eigenvalue weighted by atomic mass is 9.99. The molecule has 220 valence electrons. The molecule has 4 rings (SSSR count). The molecule has 1 N–H and O–H groups in total. The van der Waals surface area contributed by atoms with Crippen molar-refractivity contribution in [1.29, 1.82) is 0 Å². The molecule has 0 saturated carbocycles. The van der Waals surface area contributed by atoms with E-state index < -0.39 is 5.97 Å². The highest BCUT2D eigenvalue weighted by molar-refractivity contribution is 9.11. The van der Waals surface area contributed by atoms with Crippen molar-refractivity contribution in [3.05, 3.63) is 79.7 Å². The van der Waals surface area contributed by atoms with Gasteiger partial charge in [-0.3, -0.25) is 4.79 Å². The van der Waals surface area contributed by atoms with Gasteiger partial charge in [0, 0.05) is 36.4 Å². The lowest BCUT2D eigenvalue weighted by Gasteiger charge is -2.32. The van der Waals surface area contributed by atoms with E-state index in [4.69, 9.17) is 9.47 Å². The SMILES string of the molecule is COc1cc(CN(CCN2CCCCC2)c2cccc(C)c2)c(Oc2c(Br)cc(CC(=O)O)cc2Br)cc1C(C)C. The Balaban J connectivity index is 1.72. The number of benzene rings is 3. The van der Waals surface area contributed by atoms with Crippen LogP contribution in [0.5, 0.6) is 17.2 Å². The van der Waals surface area contributed by atoms with Crippen LogP contribution in [0.25, 0.3) is 0 Å². The Morgan fingerprint density at radius 3 is 2.34 bits per heavy atom. The van der Waals surface area contributed by atoms with Crippen molar-refractivity contribution < 1.29 is 19.4 Å². The largest absolute Gasteiger partial charge is 0.496 e. The second-order valence-electron chi connectivity index (χ2n) is 11.1. The molecule has 0 unspecified atom stereocenters. The number of likely N-dealkylation sites (tertiary alicyclic amines) is 1. The Labute approximate surface area is 260 Å². The molecule has 0 spiro atoms. The molecule has 0 aromatic heterocycles. The summed E-state index contributed by atoms with van der Waals surface area (Å²) in [5.41, 5.74) is 5.17. The Bertz CT molecular complexity index is 1330. The van der Waals surface area contributed by atoms with Gasteiger partial charge in [-0.25, -0.2) is 0 Å². The number of rotatable bonds is 12. The summed E-state index contributed by atoms with van der Waals surface area (Å²) in [4.78, 5) is 16.3. The summed E-state index contributed by atoms with van der Waals surface area (Å²) in [6.45, 7) is 11.3.